The second-order valence-electron chi connectivity index (χ2n) is 5.08. The van der Waals surface area contributed by atoms with Crippen molar-refractivity contribution in [3.05, 3.63) is 46.9 Å². The molecule has 19 heavy (non-hydrogen) atoms. The number of nitrogens with two attached hydrogens (primary N) is 1. The van der Waals surface area contributed by atoms with Crippen LogP contribution in [0.3, 0.4) is 0 Å². The van der Waals surface area contributed by atoms with Crippen LogP contribution < -0.4 is 10.6 Å². The van der Waals surface area contributed by atoms with Crippen LogP contribution in [0.4, 0.5) is 11.5 Å². The van der Waals surface area contributed by atoms with Crippen LogP contribution in [0.15, 0.2) is 24.4 Å². The smallest absolute Gasteiger partial charge is 0.150 e. The lowest BCUT2D eigenvalue weighted by atomic mass is 9.98. The summed E-state index contributed by atoms with van der Waals surface area (Å²) in [7, 11) is 0. The van der Waals surface area contributed by atoms with Crippen molar-refractivity contribution in [1.29, 1.82) is 0 Å². The van der Waals surface area contributed by atoms with Crippen LogP contribution in [0.2, 0.25) is 0 Å². The Bertz CT molecular complexity index is 622. The van der Waals surface area contributed by atoms with Crippen molar-refractivity contribution < 1.29 is 0 Å². The third-order valence-electron chi connectivity index (χ3n) is 3.66. The van der Waals surface area contributed by atoms with Gasteiger partial charge in [-0.25, -0.2) is 4.98 Å². The van der Waals surface area contributed by atoms with Crippen molar-refractivity contribution >= 4 is 11.5 Å². The molecule has 0 saturated carbocycles. The molecule has 1 aromatic heterocycles. The fraction of sp³-hybridized carbons (Fsp3) is 0.333. The Morgan fingerprint density at radius 3 is 2.95 bits per heavy atom. The molecule has 1 aromatic carbocycles. The zero-order valence-corrected chi connectivity index (χ0v) is 11.3. The molecule has 1 aliphatic rings. The molecule has 0 radical (unpaired) electrons. The fourth-order valence-electron chi connectivity index (χ4n) is 2.61. The average Bonchev–Trinajstić information content (AvgIpc) is 2.42. The predicted molar refractivity (Wildman–Crippen MR) is 77.1 cm³/mol. The molecule has 4 heteroatoms. The average molecular weight is 254 g/mol. The van der Waals surface area contributed by atoms with Gasteiger partial charge in [-0.05, 0) is 37.5 Å². The fourth-order valence-corrected chi connectivity index (χ4v) is 2.61. The Balaban J connectivity index is 1.97. The monoisotopic (exact) mass is 254 g/mol. The van der Waals surface area contributed by atoms with E-state index in [4.69, 9.17) is 5.73 Å². The molecule has 0 amide bonds. The molecule has 98 valence electrons. The van der Waals surface area contributed by atoms with Crippen molar-refractivity contribution in [2.45, 2.75) is 26.8 Å². The molecule has 2 aromatic rings. The van der Waals surface area contributed by atoms with Gasteiger partial charge in [0.1, 0.15) is 0 Å². The van der Waals surface area contributed by atoms with Crippen molar-refractivity contribution in [3.8, 4) is 0 Å². The van der Waals surface area contributed by atoms with E-state index in [1.807, 2.05) is 32.2 Å². The molecule has 2 N–H and O–H groups in total. The second kappa shape index (κ2) is 4.53. The highest BCUT2D eigenvalue weighted by Crippen LogP contribution is 2.28. The number of rotatable bonds is 1. The molecule has 0 bridgehead atoms. The lowest BCUT2D eigenvalue weighted by molar-refractivity contribution is 0.714. The Morgan fingerprint density at radius 1 is 1.26 bits per heavy atom. The minimum atomic E-state index is 0.820. The van der Waals surface area contributed by atoms with E-state index < -0.39 is 0 Å². The molecule has 0 spiro atoms. The van der Waals surface area contributed by atoms with Crippen LogP contribution in [0.5, 0.6) is 0 Å². The zero-order valence-electron chi connectivity index (χ0n) is 11.3. The maximum absolute atomic E-state index is 6.09. The van der Waals surface area contributed by atoms with Crippen molar-refractivity contribution in [3.63, 3.8) is 0 Å². The normalized spacial score (nSPS) is 14.3. The molecule has 0 aliphatic carbocycles. The quantitative estimate of drug-likeness (QED) is 0.793. The maximum Gasteiger partial charge on any atom is 0.150 e. The number of fused-ring (bicyclic) bond motifs is 1. The van der Waals surface area contributed by atoms with Gasteiger partial charge in [0, 0.05) is 25.0 Å². The van der Waals surface area contributed by atoms with E-state index in [-0.39, 0.29) is 0 Å². The van der Waals surface area contributed by atoms with Gasteiger partial charge in [-0.2, -0.15) is 0 Å². The SMILES string of the molecule is Cc1cnc(C)c(N2CCc3cccc(N)c3C2)n1. The minimum Gasteiger partial charge on any atom is -0.398 e. The number of nitrogen functional groups attached to an aromatic ring is 1. The van der Waals surface area contributed by atoms with Gasteiger partial charge in [-0.3, -0.25) is 4.98 Å². The predicted octanol–water partition coefficient (Wildman–Crippen LogP) is 2.24. The minimum absolute atomic E-state index is 0.820. The Hall–Kier alpha value is -2.10. The first kappa shape index (κ1) is 12.0. The number of hydrogen-bond donors (Lipinski definition) is 1. The number of benzene rings is 1. The summed E-state index contributed by atoms with van der Waals surface area (Å²) in [6.07, 6.45) is 2.82. The summed E-state index contributed by atoms with van der Waals surface area (Å²) in [5.41, 5.74) is 11.5. The molecule has 2 heterocycles. The van der Waals surface area contributed by atoms with Gasteiger partial charge < -0.3 is 10.6 Å². The van der Waals surface area contributed by atoms with Crippen LogP contribution in [0.25, 0.3) is 0 Å². The Kier molecular flexibility index (Phi) is 2.85. The topological polar surface area (TPSA) is 55.0 Å². The number of nitrogens with zero attached hydrogens (tertiary/aromatic N) is 3. The van der Waals surface area contributed by atoms with Crippen LogP contribution in [0, 0.1) is 13.8 Å². The number of hydrogen-bond acceptors (Lipinski definition) is 4. The van der Waals surface area contributed by atoms with Crippen LogP contribution >= 0.6 is 0 Å². The summed E-state index contributed by atoms with van der Waals surface area (Å²) in [6, 6.07) is 6.16. The van der Waals surface area contributed by atoms with Crippen molar-refractivity contribution in [1.82, 2.24) is 9.97 Å². The van der Waals surface area contributed by atoms with Gasteiger partial charge in [0.15, 0.2) is 5.82 Å². The van der Waals surface area contributed by atoms with Gasteiger partial charge in [0.05, 0.1) is 11.4 Å². The molecule has 4 nitrogen and oxygen atoms in total. The molecule has 0 saturated heterocycles. The van der Waals surface area contributed by atoms with E-state index in [1.54, 1.807) is 0 Å². The summed E-state index contributed by atoms with van der Waals surface area (Å²) >= 11 is 0. The summed E-state index contributed by atoms with van der Waals surface area (Å²) in [5.74, 6) is 0.980. The summed E-state index contributed by atoms with van der Waals surface area (Å²) in [4.78, 5) is 11.3. The molecule has 3 rings (SSSR count). The van der Waals surface area contributed by atoms with Crippen LogP contribution in [-0.4, -0.2) is 16.5 Å². The Labute approximate surface area is 113 Å². The molecule has 1 aliphatic heterocycles. The lowest BCUT2D eigenvalue weighted by Crippen LogP contribution is -2.32. The van der Waals surface area contributed by atoms with E-state index in [9.17, 15) is 0 Å². The number of aromatic nitrogens is 2. The zero-order chi connectivity index (χ0) is 13.4. The lowest BCUT2D eigenvalue weighted by Gasteiger charge is -2.31. The highest BCUT2D eigenvalue weighted by atomic mass is 15.2. The number of anilines is 2. The van der Waals surface area contributed by atoms with E-state index in [0.717, 1.165) is 42.4 Å². The third kappa shape index (κ3) is 2.14. The van der Waals surface area contributed by atoms with E-state index >= 15 is 0 Å². The van der Waals surface area contributed by atoms with Gasteiger partial charge in [-0.15, -0.1) is 0 Å². The third-order valence-corrected chi connectivity index (χ3v) is 3.66. The molecule has 0 unspecified atom stereocenters. The summed E-state index contributed by atoms with van der Waals surface area (Å²) < 4.78 is 0. The first-order valence-electron chi connectivity index (χ1n) is 6.56. The van der Waals surface area contributed by atoms with Crippen molar-refractivity contribution in [2.75, 3.05) is 17.2 Å². The first-order chi connectivity index (χ1) is 9.15. The highest BCUT2D eigenvalue weighted by Gasteiger charge is 2.20. The van der Waals surface area contributed by atoms with Gasteiger partial charge >= 0.3 is 0 Å². The molecular weight excluding hydrogens is 236 g/mol. The second-order valence-corrected chi connectivity index (χ2v) is 5.08. The van der Waals surface area contributed by atoms with Crippen LogP contribution in [-0.2, 0) is 13.0 Å². The summed E-state index contributed by atoms with van der Waals surface area (Å²) in [6.45, 7) is 5.77. The Morgan fingerprint density at radius 2 is 2.11 bits per heavy atom. The first-order valence-corrected chi connectivity index (χ1v) is 6.56. The van der Waals surface area contributed by atoms with Gasteiger partial charge in [0.2, 0.25) is 0 Å². The van der Waals surface area contributed by atoms with Crippen LogP contribution in [0.1, 0.15) is 22.5 Å². The van der Waals surface area contributed by atoms with E-state index in [1.165, 1.54) is 11.1 Å². The maximum atomic E-state index is 6.09. The largest absolute Gasteiger partial charge is 0.398 e. The standard InChI is InChI=1S/C15H18N4/c1-10-8-17-11(2)15(18-10)19-7-6-12-4-3-5-14(16)13(12)9-19/h3-5,8H,6-7,9,16H2,1-2H3. The van der Waals surface area contributed by atoms with E-state index in [2.05, 4.69) is 20.9 Å². The molecule has 0 atom stereocenters. The molecular formula is C15H18N4. The summed E-state index contributed by atoms with van der Waals surface area (Å²) in [5, 5.41) is 0. The van der Waals surface area contributed by atoms with E-state index in [0.29, 0.717) is 0 Å². The van der Waals surface area contributed by atoms with Gasteiger partial charge in [-0.1, -0.05) is 12.1 Å². The number of aryl methyl sites for hydroxylation is 2. The van der Waals surface area contributed by atoms with Crippen molar-refractivity contribution in [2.24, 2.45) is 0 Å². The molecule has 0 fully saturated rings. The highest BCUT2D eigenvalue weighted by molar-refractivity contribution is 5.56. The van der Waals surface area contributed by atoms with Gasteiger partial charge in [0.25, 0.3) is 0 Å².